The van der Waals surface area contributed by atoms with Gasteiger partial charge in [-0.05, 0) is 12.1 Å². The van der Waals surface area contributed by atoms with Crippen LogP contribution >= 0.6 is 0 Å². The van der Waals surface area contributed by atoms with Crippen molar-refractivity contribution < 1.29 is 14.5 Å². The van der Waals surface area contributed by atoms with Crippen molar-refractivity contribution in [1.82, 2.24) is 10.9 Å². The Hall–Kier alpha value is -1.88. The van der Waals surface area contributed by atoms with Crippen LogP contribution in [0.4, 0.5) is 0 Å². The molecule has 1 fully saturated rings. The molecule has 96 valence electrons. The van der Waals surface area contributed by atoms with Crippen LogP contribution in [0.1, 0.15) is 23.2 Å². The average molecular weight is 248 g/mol. The summed E-state index contributed by atoms with van der Waals surface area (Å²) >= 11 is 0. The zero-order chi connectivity index (χ0) is 12.8. The number of quaternary nitrogens is 1. The molecule has 0 saturated carbocycles. The molecule has 5 nitrogen and oxygen atoms in total. The predicted octanol–water partition coefficient (Wildman–Crippen LogP) is -0.874. The van der Waals surface area contributed by atoms with E-state index in [1.54, 1.807) is 24.3 Å². The fourth-order valence-corrected chi connectivity index (χ4v) is 2.11. The smallest absolute Gasteiger partial charge is 0.293 e. The molecule has 0 radical (unpaired) electrons. The number of carbonyl (C=O) groups is 2. The Morgan fingerprint density at radius 3 is 2.39 bits per heavy atom. The highest BCUT2D eigenvalue weighted by atomic mass is 16.2. The lowest BCUT2D eigenvalue weighted by molar-refractivity contribution is -0.879. The van der Waals surface area contributed by atoms with Gasteiger partial charge in [0.05, 0.1) is 13.1 Å². The first-order valence-corrected chi connectivity index (χ1v) is 6.23. The highest BCUT2D eigenvalue weighted by Crippen LogP contribution is 1.96. The molecule has 1 saturated heterocycles. The molecule has 2 rings (SSSR count). The number of hydrogen-bond acceptors (Lipinski definition) is 2. The van der Waals surface area contributed by atoms with Crippen LogP contribution < -0.4 is 15.8 Å². The normalized spacial score (nSPS) is 15.3. The number of benzene rings is 1. The molecule has 1 heterocycles. The molecule has 2 amide bonds. The SMILES string of the molecule is O=C(C[NH+]1CCCC1)NNC(=O)c1ccccc1. The average Bonchev–Trinajstić information content (AvgIpc) is 2.90. The summed E-state index contributed by atoms with van der Waals surface area (Å²) in [5.74, 6) is -0.434. The van der Waals surface area contributed by atoms with Crippen LogP contribution in [0.15, 0.2) is 30.3 Å². The minimum Gasteiger partial charge on any atom is -0.327 e. The Balaban J connectivity index is 1.74. The molecular weight excluding hydrogens is 230 g/mol. The van der Waals surface area contributed by atoms with E-state index in [9.17, 15) is 9.59 Å². The fourth-order valence-electron chi connectivity index (χ4n) is 2.11. The summed E-state index contributed by atoms with van der Waals surface area (Å²) < 4.78 is 0. The molecule has 18 heavy (non-hydrogen) atoms. The molecule has 0 aliphatic carbocycles. The highest BCUT2D eigenvalue weighted by Gasteiger charge is 2.18. The third-order valence-corrected chi connectivity index (χ3v) is 3.07. The number of amides is 2. The van der Waals surface area contributed by atoms with E-state index in [1.165, 1.54) is 17.7 Å². The van der Waals surface area contributed by atoms with Crippen molar-refractivity contribution in [1.29, 1.82) is 0 Å². The Morgan fingerprint density at radius 2 is 1.72 bits per heavy atom. The van der Waals surface area contributed by atoms with E-state index in [4.69, 9.17) is 0 Å². The Bertz CT molecular complexity index is 414. The van der Waals surface area contributed by atoms with Crippen LogP contribution in [0.5, 0.6) is 0 Å². The van der Waals surface area contributed by atoms with Crippen molar-refractivity contribution in [2.45, 2.75) is 12.8 Å². The Labute approximate surface area is 106 Å². The van der Waals surface area contributed by atoms with Gasteiger partial charge in [-0.3, -0.25) is 20.4 Å². The largest absolute Gasteiger partial charge is 0.327 e. The standard InChI is InChI=1S/C13H17N3O2/c17-12(10-16-8-4-5-9-16)14-15-13(18)11-6-2-1-3-7-11/h1-3,6-7H,4-5,8-10H2,(H,14,17)(H,15,18)/p+1. The maximum atomic E-state index is 11.7. The Morgan fingerprint density at radius 1 is 1.06 bits per heavy atom. The lowest BCUT2D eigenvalue weighted by Crippen LogP contribution is -3.11. The second-order valence-corrected chi connectivity index (χ2v) is 4.50. The summed E-state index contributed by atoms with van der Waals surface area (Å²) in [5, 5.41) is 0. The number of hydrogen-bond donors (Lipinski definition) is 3. The lowest BCUT2D eigenvalue weighted by atomic mass is 10.2. The molecule has 1 aromatic rings. The van der Waals surface area contributed by atoms with Crippen molar-refractivity contribution in [3.8, 4) is 0 Å². The van der Waals surface area contributed by atoms with Crippen LogP contribution in [0.25, 0.3) is 0 Å². The van der Waals surface area contributed by atoms with Crippen molar-refractivity contribution in [3.63, 3.8) is 0 Å². The monoisotopic (exact) mass is 248 g/mol. The molecule has 1 aliphatic rings. The van der Waals surface area contributed by atoms with E-state index in [1.807, 2.05) is 6.07 Å². The van der Waals surface area contributed by atoms with Gasteiger partial charge in [0.25, 0.3) is 11.8 Å². The summed E-state index contributed by atoms with van der Waals surface area (Å²) in [7, 11) is 0. The summed E-state index contributed by atoms with van der Waals surface area (Å²) in [5.41, 5.74) is 5.40. The van der Waals surface area contributed by atoms with Crippen LogP contribution in [-0.4, -0.2) is 31.4 Å². The van der Waals surface area contributed by atoms with Gasteiger partial charge in [0.1, 0.15) is 0 Å². The molecule has 5 heteroatoms. The van der Waals surface area contributed by atoms with Crippen molar-refractivity contribution in [2.24, 2.45) is 0 Å². The first kappa shape index (κ1) is 12.6. The van der Waals surface area contributed by atoms with Crippen LogP contribution in [0.3, 0.4) is 0 Å². The highest BCUT2D eigenvalue weighted by molar-refractivity contribution is 5.95. The summed E-state index contributed by atoms with van der Waals surface area (Å²) in [6.07, 6.45) is 2.36. The number of rotatable bonds is 3. The van der Waals surface area contributed by atoms with Gasteiger partial charge >= 0.3 is 0 Å². The van der Waals surface area contributed by atoms with Crippen molar-refractivity contribution in [3.05, 3.63) is 35.9 Å². The van der Waals surface area contributed by atoms with Crippen LogP contribution in [0, 0.1) is 0 Å². The molecule has 0 unspecified atom stereocenters. The number of likely N-dealkylation sites (tertiary alicyclic amines) is 1. The van der Waals surface area contributed by atoms with Gasteiger partial charge in [0.15, 0.2) is 6.54 Å². The summed E-state index contributed by atoms with van der Waals surface area (Å²) in [6.45, 7) is 2.51. The van der Waals surface area contributed by atoms with E-state index in [0.29, 0.717) is 12.1 Å². The molecular formula is C13H18N3O2+. The van der Waals surface area contributed by atoms with Gasteiger partial charge in [-0.15, -0.1) is 0 Å². The van der Waals surface area contributed by atoms with Gasteiger partial charge in [-0.25, -0.2) is 0 Å². The van der Waals surface area contributed by atoms with E-state index in [-0.39, 0.29) is 11.8 Å². The van der Waals surface area contributed by atoms with Gasteiger partial charge < -0.3 is 4.90 Å². The molecule has 0 atom stereocenters. The lowest BCUT2D eigenvalue weighted by Gasteiger charge is -2.12. The van der Waals surface area contributed by atoms with Crippen LogP contribution in [-0.2, 0) is 4.79 Å². The first-order valence-electron chi connectivity index (χ1n) is 6.23. The summed E-state index contributed by atoms with van der Waals surface area (Å²) in [4.78, 5) is 24.5. The summed E-state index contributed by atoms with van der Waals surface area (Å²) in [6, 6.07) is 8.81. The molecule has 1 aliphatic heterocycles. The van der Waals surface area contributed by atoms with Gasteiger partial charge in [-0.2, -0.15) is 0 Å². The van der Waals surface area contributed by atoms with Crippen LogP contribution in [0.2, 0.25) is 0 Å². The molecule has 1 aromatic carbocycles. The van der Waals surface area contributed by atoms with Gasteiger partial charge in [0.2, 0.25) is 0 Å². The molecule has 0 spiro atoms. The molecule has 3 N–H and O–H groups in total. The minimum absolute atomic E-state index is 0.142. The second kappa shape index (κ2) is 6.16. The second-order valence-electron chi connectivity index (χ2n) is 4.50. The minimum atomic E-state index is -0.291. The molecule has 0 bridgehead atoms. The topological polar surface area (TPSA) is 62.6 Å². The van der Waals surface area contributed by atoms with E-state index < -0.39 is 0 Å². The van der Waals surface area contributed by atoms with Crippen molar-refractivity contribution >= 4 is 11.8 Å². The van der Waals surface area contributed by atoms with E-state index >= 15 is 0 Å². The van der Waals surface area contributed by atoms with E-state index in [0.717, 1.165) is 13.1 Å². The quantitative estimate of drug-likeness (QED) is 0.609. The fraction of sp³-hybridized carbons (Fsp3) is 0.385. The number of nitrogens with one attached hydrogen (secondary N) is 3. The Kier molecular flexibility index (Phi) is 4.30. The van der Waals surface area contributed by atoms with E-state index in [2.05, 4.69) is 10.9 Å². The third-order valence-electron chi connectivity index (χ3n) is 3.07. The van der Waals surface area contributed by atoms with Crippen molar-refractivity contribution in [2.75, 3.05) is 19.6 Å². The van der Waals surface area contributed by atoms with Gasteiger partial charge in [0, 0.05) is 18.4 Å². The maximum Gasteiger partial charge on any atom is 0.293 e. The van der Waals surface area contributed by atoms with Gasteiger partial charge in [-0.1, -0.05) is 18.2 Å². The number of hydrazine groups is 1. The first-order chi connectivity index (χ1) is 8.75. The third kappa shape index (κ3) is 3.56. The predicted molar refractivity (Wildman–Crippen MR) is 66.8 cm³/mol. The number of carbonyl (C=O) groups excluding carboxylic acids is 2. The zero-order valence-corrected chi connectivity index (χ0v) is 10.2. The zero-order valence-electron chi connectivity index (χ0n) is 10.2. The maximum absolute atomic E-state index is 11.7. The molecule has 0 aromatic heterocycles.